The average molecular weight is 351 g/mol. The number of hydrogen-bond acceptors (Lipinski definition) is 4. The third-order valence-corrected chi connectivity index (χ3v) is 4.41. The third kappa shape index (κ3) is 4.10. The number of para-hydroxylation sites is 1. The monoisotopic (exact) mass is 350 g/mol. The zero-order valence-corrected chi connectivity index (χ0v) is 14.2. The Balaban J connectivity index is 0.00000192. The minimum absolute atomic E-state index is 0. The third-order valence-electron chi connectivity index (χ3n) is 3.50. The van der Waals surface area contributed by atoms with Gasteiger partial charge in [-0.15, -0.1) is 23.7 Å². The summed E-state index contributed by atoms with van der Waals surface area (Å²) in [6.45, 7) is 1.14. The lowest BCUT2D eigenvalue weighted by atomic mass is 10.1. The molecule has 4 N–H and O–H groups in total. The Morgan fingerprint density at radius 2 is 2.13 bits per heavy atom. The molecule has 5 nitrogen and oxygen atoms in total. The van der Waals surface area contributed by atoms with Crippen molar-refractivity contribution in [1.82, 2.24) is 15.3 Å². The second-order valence-electron chi connectivity index (χ2n) is 5.03. The summed E-state index contributed by atoms with van der Waals surface area (Å²) in [4.78, 5) is 19.6. The normalized spacial score (nSPS) is 10.5. The van der Waals surface area contributed by atoms with Gasteiger partial charge in [-0.2, -0.15) is 0 Å². The number of hydrogen-bond donors (Lipinski definition) is 3. The number of carbonyl (C=O) groups excluding carboxylic acids is 1. The van der Waals surface area contributed by atoms with Gasteiger partial charge in [0.15, 0.2) is 0 Å². The molecule has 0 saturated heterocycles. The van der Waals surface area contributed by atoms with Crippen LogP contribution in [0.5, 0.6) is 0 Å². The maximum absolute atomic E-state index is 12.0. The average Bonchev–Trinajstić information content (AvgIpc) is 3.15. The van der Waals surface area contributed by atoms with Crippen molar-refractivity contribution in [2.45, 2.75) is 12.8 Å². The van der Waals surface area contributed by atoms with E-state index in [9.17, 15) is 4.79 Å². The molecule has 0 saturated carbocycles. The van der Waals surface area contributed by atoms with Crippen LogP contribution in [0, 0.1) is 0 Å². The van der Waals surface area contributed by atoms with Crippen LogP contribution < -0.4 is 11.1 Å². The van der Waals surface area contributed by atoms with Gasteiger partial charge in [0.25, 0.3) is 5.91 Å². The van der Waals surface area contributed by atoms with Crippen LogP contribution in [0.15, 0.2) is 35.8 Å². The van der Waals surface area contributed by atoms with Crippen molar-refractivity contribution in [2.24, 2.45) is 5.73 Å². The van der Waals surface area contributed by atoms with Gasteiger partial charge in [-0.25, -0.2) is 4.98 Å². The second kappa shape index (κ2) is 8.10. The fraction of sp³-hybridized carbons (Fsp3) is 0.250. The van der Waals surface area contributed by atoms with Crippen LogP contribution >= 0.6 is 23.7 Å². The van der Waals surface area contributed by atoms with Crippen LogP contribution in [0.25, 0.3) is 10.9 Å². The number of nitrogens with one attached hydrogen (secondary N) is 2. The Labute approximate surface area is 144 Å². The number of carbonyl (C=O) groups is 1. The van der Waals surface area contributed by atoms with E-state index in [0.29, 0.717) is 25.2 Å². The number of aromatic nitrogens is 2. The first-order chi connectivity index (χ1) is 10.8. The first kappa shape index (κ1) is 17.5. The number of amides is 1. The molecule has 0 unspecified atom stereocenters. The number of benzene rings is 1. The Kier molecular flexibility index (Phi) is 6.15. The summed E-state index contributed by atoms with van der Waals surface area (Å²) in [6, 6.07) is 8.16. The maximum atomic E-state index is 12.0. The molecule has 0 aliphatic heterocycles. The molecule has 1 amide bonds. The summed E-state index contributed by atoms with van der Waals surface area (Å²) < 4.78 is 0. The summed E-state index contributed by atoms with van der Waals surface area (Å²) in [5.74, 6) is -0.126. The first-order valence-corrected chi connectivity index (χ1v) is 8.13. The fourth-order valence-corrected chi connectivity index (χ4v) is 3.19. The van der Waals surface area contributed by atoms with Gasteiger partial charge >= 0.3 is 0 Å². The lowest BCUT2D eigenvalue weighted by Crippen LogP contribution is -2.26. The number of H-pyrrole nitrogens is 1. The van der Waals surface area contributed by atoms with E-state index in [0.717, 1.165) is 16.9 Å². The predicted molar refractivity (Wildman–Crippen MR) is 96.5 cm³/mol. The zero-order chi connectivity index (χ0) is 15.4. The molecule has 122 valence electrons. The number of halogens is 1. The van der Waals surface area contributed by atoms with Crippen molar-refractivity contribution in [2.75, 3.05) is 13.1 Å². The molecule has 2 aromatic heterocycles. The number of nitrogens with two attached hydrogens (primary N) is 1. The summed E-state index contributed by atoms with van der Waals surface area (Å²) >= 11 is 1.48. The van der Waals surface area contributed by atoms with Gasteiger partial charge in [0.1, 0.15) is 5.69 Å². The molecule has 0 spiro atoms. The molecule has 7 heteroatoms. The number of rotatable bonds is 6. The molecular formula is C16H19ClN4OS. The zero-order valence-electron chi connectivity index (χ0n) is 12.5. The molecule has 0 aliphatic carbocycles. The number of aromatic amines is 1. The molecule has 0 atom stereocenters. The van der Waals surface area contributed by atoms with Gasteiger partial charge in [0, 0.05) is 35.4 Å². The highest BCUT2D eigenvalue weighted by atomic mass is 35.5. The summed E-state index contributed by atoms with van der Waals surface area (Å²) in [5.41, 5.74) is 8.29. The molecule has 0 radical (unpaired) electrons. The standard InChI is InChI=1S/C16H18N4OS.ClH/c17-7-5-15-20-14(10-22-15)16(21)18-8-6-11-9-19-13-4-2-1-3-12(11)13;/h1-4,9-10,19H,5-8,17H2,(H,18,21);1H. The molecule has 23 heavy (non-hydrogen) atoms. The van der Waals surface area contributed by atoms with Crippen molar-refractivity contribution in [3.8, 4) is 0 Å². The number of nitrogens with zero attached hydrogens (tertiary/aromatic N) is 1. The van der Waals surface area contributed by atoms with Crippen LogP contribution in [0.2, 0.25) is 0 Å². The van der Waals surface area contributed by atoms with Gasteiger partial charge in [-0.1, -0.05) is 18.2 Å². The quantitative estimate of drug-likeness (QED) is 0.638. The molecule has 0 aliphatic rings. The van der Waals surface area contributed by atoms with Gasteiger partial charge in [-0.3, -0.25) is 4.79 Å². The number of fused-ring (bicyclic) bond motifs is 1. The van der Waals surface area contributed by atoms with Crippen molar-refractivity contribution in [3.63, 3.8) is 0 Å². The molecule has 1 aromatic carbocycles. The second-order valence-corrected chi connectivity index (χ2v) is 5.97. The topological polar surface area (TPSA) is 83.8 Å². The minimum atomic E-state index is -0.126. The predicted octanol–water partition coefficient (Wildman–Crippen LogP) is 2.52. The van der Waals surface area contributed by atoms with E-state index >= 15 is 0 Å². The van der Waals surface area contributed by atoms with Crippen LogP contribution in [-0.2, 0) is 12.8 Å². The van der Waals surface area contributed by atoms with Gasteiger partial charge in [0.2, 0.25) is 0 Å². The van der Waals surface area contributed by atoms with E-state index in [1.54, 1.807) is 5.38 Å². The number of thiazole rings is 1. The van der Waals surface area contributed by atoms with Gasteiger partial charge in [-0.05, 0) is 24.6 Å². The Morgan fingerprint density at radius 3 is 2.96 bits per heavy atom. The molecule has 2 heterocycles. The van der Waals surface area contributed by atoms with E-state index in [-0.39, 0.29) is 18.3 Å². The van der Waals surface area contributed by atoms with E-state index in [1.165, 1.54) is 22.3 Å². The Morgan fingerprint density at radius 1 is 1.30 bits per heavy atom. The summed E-state index contributed by atoms with van der Waals surface area (Å²) in [6.07, 6.45) is 3.50. The highest BCUT2D eigenvalue weighted by Gasteiger charge is 2.10. The van der Waals surface area contributed by atoms with Crippen molar-refractivity contribution >= 4 is 40.6 Å². The lowest BCUT2D eigenvalue weighted by molar-refractivity contribution is 0.0949. The fourth-order valence-electron chi connectivity index (χ4n) is 2.39. The molecule has 3 aromatic rings. The highest BCUT2D eigenvalue weighted by Crippen LogP contribution is 2.17. The smallest absolute Gasteiger partial charge is 0.270 e. The SMILES string of the molecule is Cl.NCCc1nc(C(=O)NCCc2c[nH]c3ccccc23)cs1. The van der Waals surface area contributed by atoms with Crippen molar-refractivity contribution in [1.29, 1.82) is 0 Å². The first-order valence-electron chi connectivity index (χ1n) is 7.25. The van der Waals surface area contributed by atoms with Crippen LogP contribution in [0.4, 0.5) is 0 Å². The van der Waals surface area contributed by atoms with Gasteiger partial charge in [0.05, 0.1) is 5.01 Å². The van der Waals surface area contributed by atoms with E-state index in [4.69, 9.17) is 5.73 Å². The van der Waals surface area contributed by atoms with Crippen molar-refractivity contribution in [3.05, 3.63) is 52.1 Å². The lowest BCUT2D eigenvalue weighted by Gasteiger charge is -2.02. The van der Waals surface area contributed by atoms with Crippen LogP contribution in [-0.4, -0.2) is 29.0 Å². The summed E-state index contributed by atoms with van der Waals surface area (Å²) in [5, 5.41) is 6.81. The molecule has 3 rings (SSSR count). The van der Waals surface area contributed by atoms with E-state index in [2.05, 4.69) is 21.4 Å². The Hall–Kier alpha value is -1.89. The summed E-state index contributed by atoms with van der Waals surface area (Å²) in [7, 11) is 0. The van der Waals surface area contributed by atoms with Crippen LogP contribution in [0.3, 0.4) is 0 Å². The largest absolute Gasteiger partial charge is 0.361 e. The molecule has 0 bridgehead atoms. The van der Waals surface area contributed by atoms with Gasteiger partial charge < -0.3 is 16.0 Å². The minimum Gasteiger partial charge on any atom is -0.361 e. The van der Waals surface area contributed by atoms with E-state index < -0.39 is 0 Å². The molecule has 0 fully saturated rings. The maximum Gasteiger partial charge on any atom is 0.270 e. The van der Waals surface area contributed by atoms with Crippen molar-refractivity contribution < 1.29 is 4.79 Å². The van der Waals surface area contributed by atoms with E-state index in [1.807, 2.05) is 24.4 Å². The molecular weight excluding hydrogens is 332 g/mol. The highest BCUT2D eigenvalue weighted by molar-refractivity contribution is 7.09. The Bertz CT molecular complexity index is 783. The van der Waals surface area contributed by atoms with Crippen LogP contribution in [0.1, 0.15) is 21.1 Å².